The van der Waals surface area contributed by atoms with E-state index in [1.54, 1.807) is 36.5 Å². The van der Waals surface area contributed by atoms with Crippen molar-refractivity contribution in [1.29, 1.82) is 5.26 Å². The molecule has 0 N–H and O–H groups in total. The molecule has 0 fully saturated rings. The molecule has 0 radical (unpaired) electrons. The number of Topliss-reactive ketones (excluding diaryl/α,β-unsaturated/α-hetero) is 2. The number of benzene rings is 7. The van der Waals surface area contributed by atoms with Gasteiger partial charge in [-0.05, 0) is 126 Å². The van der Waals surface area contributed by atoms with E-state index >= 15 is 0 Å². The summed E-state index contributed by atoms with van der Waals surface area (Å²) in [6.45, 7) is 26.2. The third kappa shape index (κ3) is 6.76. The van der Waals surface area contributed by atoms with Gasteiger partial charge in [-0.3, -0.25) is 9.59 Å². The summed E-state index contributed by atoms with van der Waals surface area (Å²) in [5, 5.41) is 11.5. The number of nitriles is 1. The Balaban J connectivity index is 1.13. The van der Waals surface area contributed by atoms with E-state index in [0.29, 0.717) is 38.0 Å². The van der Waals surface area contributed by atoms with Crippen molar-refractivity contribution >= 4 is 66.8 Å². The molecule has 4 aliphatic carbocycles. The summed E-state index contributed by atoms with van der Waals surface area (Å²) < 4.78 is 0. The highest BCUT2D eigenvalue weighted by Crippen LogP contribution is 2.66. The minimum Gasteiger partial charge on any atom is -0.287 e. The van der Waals surface area contributed by atoms with E-state index in [0.717, 1.165) is 93.2 Å². The lowest BCUT2D eigenvalue weighted by Crippen LogP contribution is -2.30. The lowest BCUT2D eigenvalue weighted by Gasteiger charge is -2.35. The van der Waals surface area contributed by atoms with Crippen LogP contribution in [-0.4, -0.2) is 23.0 Å². The molecule has 0 unspecified atom stereocenters. The van der Waals surface area contributed by atoms with Gasteiger partial charge in [0.25, 0.3) is 5.70 Å². The maximum atomic E-state index is 14.4. The highest BCUT2D eigenvalue weighted by atomic mass is 32.1. The number of hydrogen-bond acceptors (Lipinski definition) is 7. The number of thiophene rings is 2. The van der Waals surface area contributed by atoms with Crippen molar-refractivity contribution in [3.05, 3.63) is 293 Å². The zero-order valence-corrected chi connectivity index (χ0v) is 44.2. The standard InChI is InChI=1S/C68H43N5O2S2/c1-37-16-24-42(25-17-37)67(43-26-18-38(2)19-27-43)52-33-51-53(32-50(52)65-54(67)34-57(76-65)72-61-59(41(5)70-6)46-12-8-10-14-48(46)63(61)74)68(44-28-20-39(3)21-29-44,45-30-22-40(4)23-31-45)55-35-58(77-66(51)55)73-62-60(56(36-69)71-7)47-13-9-11-15-49(47)64(62)75/h8-35H,1-5H3/b59-41?,60-56+,72-61?,73-62?. The van der Waals surface area contributed by atoms with E-state index in [2.05, 4.69) is 165 Å². The monoisotopic (exact) mass is 1030 g/mol. The molecule has 0 aliphatic heterocycles. The molecule has 364 valence electrons. The van der Waals surface area contributed by atoms with Crippen LogP contribution in [0, 0.1) is 52.2 Å². The van der Waals surface area contributed by atoms with Crippen LogP contribution in [0.2, 0.25) is 0 Å². The molecular weight excluding hydrogens is 983 g/mol. The Morgan fingerprint density at radius 3 is 1.17 bits per heavy atom. The van der Waals surface area contributed by atoms with Crippen molar-refractivity contribution < 1.29 is 9.59 Å². The first-order valence-corrected chi connectivity index (χ1v) is 26.9. The van der Waals surface area contributed by atoms with E-state index < -0.39 is 10.8 Å². The van der Waals surface area contributed by atoms with Crippen molar-refractivity contribution in [2.75, 3.05) is 0 Å². The number of fused-ring (bicyclic) bond motifs is 8. The van der Waals surface area contributed by atoms with Gasteiger partial charge < -0.3 is 0 Å². The average Bonchev–Trinajstić information content (AvgIpc) is 4.08. The Morgan fingerprint density at radius 2 is 0.818 bits per heavy atom. The predicted octanol–water partition coefficient (Wildman–Crippen LogP) is 16.5. The van der Waals surface area contributed by atoms with Crippen LogP contribution < -0.4 is 0 Å². The van der Waals surface area contributed by atoms with Gasteiger partial charge in [-0.2, -0.15) is 0 Å². The molecule has 0 saturated heterocycles. The summed E-state index contributed by atoms with van der Waals surface area (Å²) >= 11 is 3.08. The number of allylic oxidation sites excluding steroid dienone is 4. The number of aliphatic imine (C=N–C) groups is 2. The van der Waals surface area contributed by atoms with Gasteiger partial charge in [-0.15, -0.1) is 22.7 Å². The van der Waals surface area contributed by atoms with Crippen molar-refractivity contribution in [2.45, 2.75) is 45.4 Å². The molecule has 2 heterocycles. The molecule has 0 saturated carbocycles. The first-order chi connectivity index (χ1) is 37.4. The van der Waals surface area contributed by atoms with Crippen LogP contribution in [0.15, 0.2) is 191 Å². The Morgan fingerprint density at radius 1 is 0.468 bits per heavy atom. The van der Waals surface area contributed by atoms with Gasteiger partial charge in [0.15, 0.2) is 5.70 Å². The second-order valence-electron chi connectivity index (χ2n) is 20.3. The molecule has 7 aromatic carbocycles. The van der Waals surface area contributed by atoms with E-state index in [1.165, 1.54) is 11.3 Å². The van der Waals surface area contributed by atoms with E-state index in [-0.39, 0.29) is 34.3 Å². The minimum atomic E-state index is -0.885. The summed E-state index contributed by atoms with van der Waals surface area (Å²) in [6, 6.07) is 60.8. The number of carbonyl (C=O) groups excluding carboxylic acids is 2. The number of aryl methyl sites for hydroxylation is 4. The molecule has 4 aliphatic rings. The summed E-state index contributed by atoms with van der Waals surface area (Å²) in [5.74, 6) is -0.523. The molecule has 9 heteroatoms. The largest absolute Gasteiger partial charge is 0.287 e. The normalized spacial score (nSPS) is 17.2. The van der Waals surface area contributed by atoms with E-state index in [1.807, 2.05) is 30.3 Å². The van der Waals surface area contributed by atoms with Gasteiger partial charge >= 0.3 is 0 Å². The number of rotatable bonds is 6. The summed E-state index contributed by atoms with van der Waals surface area (Å²) in [7, 11) is 0. The van der Waals surface area contributed by atoms with Crippen LogP contribution in [0.5, 0.6) is 0 Å². The average molecular weight is 1030 g/mol. The van der Waals surface area contributed by atoms with Gasteiger partial charge in [0.05, 0.1) is 30.0 Å². The van der Waals surface area contributed by atoms with Gasteiger partial charge in [0, 0.05) is 32.0 Å². The van der Waals surface area contributed by atoms with Crippen LogP contribution in [-0.2, 0) is 10.8 Å². The van der Waals surface area contributed by atoms with Crippen molar-refractivity contribution in [3.8, 4) is 27.0 Å². The zero-order valence-electron chi connectivity index (χ0n) is 42.5. The Bertz CT molecular complexity index is 4260. The number of carbonyl (C=O) groups is 2. The summed E-state index contributed by atoms with van der Waals surface area (Å²) in [6.07, 6.45) is 0. The molecular formula is C68H43N5O2S2. The predicted molar refractivity (Wildman–Crippen MR) is 310 cm³/mol. The van der Waals surface area contributed by atoms with Crippen LogP contribution in [0.25, 0.3) is 41.7 Å². The van der Waals surface area contributed by atoms with Crippen LogP contribution in [0.3, 0.4) is 0 Å². The fourth-order valence-corrected chi connectivity index (χ4v) is 14.5. The zero-order chi connectivity index (χ0) is 53.1. The summed E-state index contributed by atoms with van der Waals surface area (Å²) in [5.41, 5.74) is 17.0. The third-order valence-electron chi connectivity index (χ3n) is 15.9. The highest BCUT2D eigenvalue weighted by molar-refractivity contribution is 7.20. The molecule has 0 amide bonds. The van der Waals surface area contributed by atoms with Gasteiger partial charge in [-0.25, -0.2) is 24.9 Å². The van der Waals surface area contributed by atoms with Crippen LogP contribution in [0.4, 0.5) is 10.0 Å². The molecule has 0 atom stereocenters. The Hall–Kier alpha value is -9.43. The highest BCUT2D eigenvalue weighted by Gasteiger charge is 2.53. The summed E-state index contributed by atoms with van der Waals surface area (Å²) in [4.78, 5) is 48.7. The number of ketones is 2. The van der Waals surface area contributed by atoms with Gasteiger partial charge in [-0.1, -0.05) is 168 Å². The van der Waals surface area contributed by atoms with Crippen molar-refractivity contribution in [3.63, 3.8) is 0 Å². The molecule has 77 heavy (non-hydrogen) atoms. The second kappa shape index (κ2) is 17.6. The molecule has 2 aromatic heterocycles. The second-order valence-corrected chi connectivity index (χ2v) is 22.3. The number of hydrogen-bond donors (Lipinski definition) is 0. The quantitative estimate of drug-likeness (QED) is 0.123. The van der Waals surface area contributed by atoms with Crippen LogP contribution in [0.1, 0.15) is 106 Å². The van der Waals surface area contributed by atoms with E-state index in [4.69, 9.17) is 23.1 Å². The first kappa shape index (κ1) is 47.3. The maximum Gasteiger partial charge on any atom is 0.271 e. The smallest absolute Gasteiger partial charge is 0.271 e. The Kier molecular flexibility index (Phi) is 10.8. The molecule has 0 bridgehead atoms. The Labute approximate surface area is 454 Å². The van der Waals surface area contributed by atoms with Gasteiger partial charge in [0.1, 0.15) is 21.4 Å². The van der Waals surface area contributed by atoms with Gasteiger partial charge in [0.2, 0.25) is 11.6 Å². The first-order valence-electron chi connectivity index (χ1n) is 25.2. The fraction of sp³-hybridized carbons (Fsp3) is 0.103. The third-order valence-corrected chi connectivity index (χ3v) is 18.0. The number of nitrogens with zero attached hydrogens (tertiary/aromatic N) is 5. The molecule has 9 aromatic rings. The SMILES string of the molecule is [C-]#[N+]C(C)=C1C(=Nc2cc3c(s2)-c2cc4c(cc2C3(c2ccc(C)cc2)c2ccc(C)cc2)-c2sc(N=C3C(=O)c5ccccc5/C3=C(/C#N)[N+]#[C-])cc2C4(c2ccc(C)cc2)c2ccc(C)cc2)C(=O)c2ccccc21. The van der Waals surface area contributed by atoms with Crippen molar-refractivity contribution in [1.82, 2.24) is 0 Å². The molecule has 0 spiro atoms. The lowest BCUT2D eigenvalue weighted by molar-refractivity contribution is 0.106. The fourth-order valence-electron chi connectivity index (χ4n) is 12.3. The lowest BCUT2D eigenvalue weighted by atomic mass is 9.66. The topological polar surface area (TPSA) is 91.4 Å². The van der Waals surface area contributed by atoms with Crippen LogP contribution >= 0.6 is 22.7 Å². The van der Waals surface area contributed by atoms with Crippen molar-refractivity contribution in [2.24, 2.45) is 9.98 Å². The molecule has 13 rings (SSSR count). The van der Waals surface area contributed by atoms with E-state index in [9.17, 15) is 14.9 Å². The maximum absolute atomic E-state index is 14.4. The molecule has 7 nitrogen and oxygen atoms in total. The minimum absolute atomic E-state index is 0.0840.